The molecule has 0 bridgehead atoms. The van der Waals surface area contributed by atoms with Gasteiger partial charge in [-0.25, -0.2) is 0 Å². The maximum Gasteiger partial charge on any atom is 0.251 e. The van der Waals surface area contributed by atoms with Gasteiger partial charge in [0.1, 0.15) is 6.04 Å². The van der Waals surface area contributed by atoms with Crippen LogP contribution in [0.2, 0.25) is 0 Å². The number of nitrogens with two attached hydrogens (primary N) is 1. The largest absolute Gasteiger partial charge is 0.399 e. The predicted octanol–water partition coefficient (Wildman–Crippen LogP) is 1.14. The van der Waals surface area contributed by atoms with Crippen molar-refractivity contribution in [2.24, 2.45) is 0 Å². The molecule has 1 aliphatic rings. The SMILES string of the molecule is Cc1cc(N)ccc1NC1CCC(=O)N(C)C1=O. The maximum absolute atomic E-state index is 11.9. The summed E-state index contributed by atoms with van der Waals surface area (Å²) in [6.07, 6.45) is 0.930. The number of likely N-dealkylation sites (tertiary alicyclic amines) is 1. The molecular formula is C13H17N3O2. The lowest BCUT2D eigenvalue weighted by Crippen LogP contribution is -2.48. The van der Waals surface area contributed by atoms with Gasteiger partial charge in [0.25, 0.3) is 5.91 Å². The number of likely N-dealkylation sites (N-methyl/N-ethyl adjacent to an activating group) is 1. The quantitative estimate of drug-likeness (QED) is 0.607. The Labute approximate surface area is 106 Å². The van der Waals surface area contributed by atoms with E-state index in [-0.39, 0.29) is 17.9 Å². The van der Waals surface area contributed by atoms with E-state index in [4.69, 9.17) is 5.73 Å². The third-order valence-corrected chi connectivity index (χ3v) is 3.23. The van der Waals surface area contributed by atoms with Gasteiger partial charge in [-0.05, 0) is 37.1 Å². The van der Waals surface area contributed by atoms with Gasteiger partial charge in [-0.1, -0.05) is 0 Å². The number of anilines is 2. The van der Waals surface area contributed by atoms with E-state index in [1.54, 1.807) is 6.07 Å². The third kappa shape index (κ3) is 2.30. The Morgan fingerprint density at radius 2 is 2.11 bits per heavy atom. The maximum atomic E-state index is 11.9. The third-order valence-electron chi connectivity index (χ3n) is 3.23. The number of benzene rings is 1. The Morgan fingerprint density at radius 1 is 1.39 bits per heavy atom. The zero-order valence-electron chi connectivity index (χ0n) is 10.6. The number of nitrogen functional groups attached to an aromatic ring is 1. The summed E-state index contributed by atoms with van der Waals surface area (Å²) in [5, 5.41) is 3.18. The minimum absolute atomic E-state index is 0.118. The highest BCUT2D eigenvalue weighted by molar-refractivity contribution is 6.01. The number of piperidine rings is 1. The van der Waals surface area contributed by atoms with E-state index in [1.165, 1.54) is 11.9 Å². The number of carbonyl (C=O) groups is 2. The van der Waals surface area contributed by atoms with E-state index in [2.05, 4.69) is 5.32 Å². The van der Waals surface area contributed by atoms with Crippen LogP contribution in [-0.4, -0.2) is 29.8 Å². The van der Waals surface area contributed by atoms with Crippen molar-refractivity contribution in [1.82, 2.24) is 4.90 Å². The van der Waals surface area contributed by atoms with Gasteiger partial charge in [-0.15, -0.1) is 0 Å². The van der Waals surface area contributed by atoms with Crippen LogP contribution >= 0.6 is 0 Å². The van der Waals surface area contributed by atoms with Gasteiger partial charge >= 0.3 is 0 Å². The van der Waals surface area contributed by atoms with E-state index in [0.29, 0.717) is 18.5 Å². The summed E-state index contributed by atoms with van der Waals surface area (Å²) in [5.74, 6) is -0.297. The molecule has 1 unspecified atom stereocenters. The summed E-state index contributed by atoms with van der Waals surface area (Å²) < 4.78 is 0. The van der Waals surface area contributed by atoms with Crippen LogP contribution in [0.25, 0.3) is 0 Å². The normalized spacial score (nSPS) is 20.1. The standard InChI is InChI=1S/C13H17N3O2/c1-8-7-9(14)3-4-10(8)15-11-5-6-12(17)16(2)13(11)18/h3-4,7,11,15H,5-6,14H2,1-2H3. The molecule has 3 N–H and O–H groups in total. The number of carbonyl (C=O) groups excluding carboxylic acids is 2. The fourth-order valence-electron chi connectivity index (χ4n) is 2.09. The lowest BCUT2D eigenvalue weighted by Gasteiger charge is -2.29. The Bertz CT molecular complexity index is 499. The number of nitrogens with zero attached hydrogens (tertiary/aromatic N) is 1. The summed E-state index contributed by atoms with van der Waals surface area (Å²) in [5.41, 5.74) is 8.24. The van der Waals surface area contributed by atoms with E-state index in [9.17, 15) is 9.59 Å². The molecule has 1 atom stereocenters. The molecule has 2 rings (SSSR count). The molecule has 96 valence electrons. The first-order valence-corrected chi connectivity index (χ1v) is 5.92. The Morgan fingerprint density at radius 3 is 2.78 bits per heavy atom. The van der Waals surface area contributed by atoms with Crippen LogP contribution in [0, 0.1) is 6.92 Å². The second kappa shape index (κ2) is 4.68. The molecule has 0 saturated carbocycles. The molecule has 2 amide bonds. The zero-order chi connectivity index (χ0) is 13.3. The van der Waals surface area contributed by atoms with Crippen LogP contribution in [0.3, 0.4) is 0 Å². The van der Waals surface area contributed by atoms with Gasteiger partial charge in [0.05, 0.1) is 0 Å². The summed E-state index contributed by atoms with van der Waals surface area (Å²) >= 11 is 0. The Hall–Kier alpha value is -2.04. The highest BCUT2D eigenvalue weighted by atomic mass is 16.2. The second-order valence-corrected chi connectivity index (χ2v) is 4.60. The number of aryl methyl sites for hydroxylation is 1. The average Bonchev–Trinajstić information content (AvgIpc) is 2.33. The molecule has 1 fully saturated rings. The lowest BCUT2D eigenvalue weighted by atomic mass is 10.0. The number of imide groups is 1. The highest BCUT2D eigenvalue weighted by Gasteiger charge is 2.31. The number of nitrogens with one attached hydrogen (secondary N) is 1. The monoisotopic (exact) mass is 247 g/mol. The van der Waals surface area contributed by atoms with Crippen molar-refractivity contribution < 1.29 is 9.59 Å². The van der Waals surface area contributed by atoms with Crippen molar-refractivity contribution in [2.75, 3.05) is 18.1 Å². The minimum Gasteiger partial charge on any atom is -0.399 e. The Balaban J connectivity index is 2.14. The van der Waals surface area contributed by atoms with E-state index in [0.717, 1.165) is 11.3 Å². The summed E-state index contributed by atoms with van der Waals surface area (Å²) in [7, 11) is 1.52. The molecule has 0 spiro atoms. The van der Waals surface area contributed by atoms with Crippen molar-refractivity contribution >= 4 is 23.2 Å². The molecule has 1 aromatic carbocycles. The number of hydrogen-bond donors (Lipinski definition) is 2. The first-order chi connectivity index (χ1) is 8.49. The van der Waals surface area contributed by atoms with Crippen LogP contribution in [0.4, 0.5) is 11.4 Å². The Kier molecular flexibility index (Phi) is 3.23. The molecule has 1 aliphatic heterocycles. The fourth-order valence-corrected chi connectivity index (χ4v) is 2.09. The molecule has 5 nitrogen and oxygen atoms in total. The zero-order valence-corrected chi connectivity index (χ0v) is 10.6. The van der Waals surface area contributed by atoms with Crippen LogP contribution in [0.1, 0.15) is 18.4 Å². The average molecular weight is 247 g/mol. The van der Waals surface area contributed by atoms with Crippen LogP contribution in [0.15, 0.2) is 18.2 Å². The minimum atomic E-state index is -0.338. The summed E-state index contributed by atoms with van der Waals surface area (Å²) in [6.45, 7) is 1.93. The van der Waals surface area contributed by atoms with Crippen molar-refractivity contribution in [2.45, 2.75) is 25.8 Å². The van der Waals surface area contributed by atoms with Crippen LogP contribution < -0.4 is 11.1 Å². The van der Waals surface area contributed by atoms with Crippen molar-refractivity contribution in [3.63, 3.8) is 0 Å². The number of hydrogen-bond acceptors (Lipinski definition) is 4. The van der Waals surface area contributed by atoms with E-state index in [1.807, 2.05) is 19.1 Å². The first kappa shape index (κ1) is 12.4. The smallest absolute Gasteiger partial charge is 0.251 e. The van der Waals surface area contributed by atoms with Gasteiger partial charge < -0.3 is 11.1 Å². The molecule has 0 aromatic heterocycles. The van der Waals surface area contributed by atoms with Crippen molar-refractivity contribution in [3.8, 4) is 0 Å². The number of amides is 2. The van der Waals surface area contributed by atoms with Gasteiger partial charge in [0.2, 0.25) is 5.91 Å². The molecule has 5 heteroatoms. The van der Waals surface area contributed by atoms with Gasteiger partial charge in [-0.2, -0.15) is 0 Å². The molecule has 18 heavy (non-hydrogen) atoms. The van der Waals surface area contributed by atoms with Crippen LogP contribution in [-0.2, 0) is 9.59 Å². The topological polar surface area (TPSA) is 75.4 Å². The predicted molar refractivity (Wildman–Crippen MR) is 70.0 cm³/mol. The van der Waals surface area contributed by atoms with Gasteiger partial charge in [0.15, 0.2) is 0 Å². The van der Waals surface area contributed by atoms with E-state index < -0.39 is 0 Å². The molecule has 1 aromatic rings. The van der Waals surface area contributed by atoms with Crippen molar-refractivity contribution in [3.05, 3.63) is 23.8 Å². The van der Waals surface area contributed by atoms with Crippen LogP contribution in [0.5, 0.6) is 0 Å². The van der Waals surface area contributed by atoms with Gasteiger partial charge in [0, 0.05) is 24.8 Å². The molecular weight excluding hydrogens is 230 g/mol. The molecule has 1 heterocycles. The summed E-state index contributed by atoms with van der Waals surface area (Å²) in [6, 6.07) is 5.16. The molecule has 0 aliphatic carbocycles. The first-order valence-electron chi connectivity index (χ1n) is 5.92. The second-order valence-electron chi connectivity index (χ2n) is 4.60. The van der Waals surface area contributed by atoms with E-state index >= 15 is 0 Å². The highest BCUT2D eigenvalue weighted by Crippen LogP contribution is 2.22. The fraction of sp³-hybridized carbons (Fsp3) is 0.385. The lowest BCUT2D eigenvalue weighted by molar-refractivity contribution is -0.146. The summed E-state index contributed by atoms with van der Waals surface area (Å²) in [4.78, 5) is 24.5. The van der Waals surface area contributed by atoms with Gasteiger partial charge in [-0.3, -0.25) is 14.5 Å². The van der Waals surface area contributed by atoms with Crippen molar-refractivity contribution in [1.29, 1.82) is 0 Å². The number of rotatable bonds is 2. The molecule has 0 radical (unpaired) electrons. The molecule has 1 saturated heterocycles.